The molecule has 0 aliphatic heterocycles. The second-order valence-electron chi connectivity index (χ2n) is 7.85. The van der Waals surface area contributed by atoms with Crippen molar-refractivity contribution in [2.45, 2.75) is 11.5 Å². The molecule has 0 bridgehead atoms. The number of fused-ring (bicyclic) bond motifs is 1. The van der Waals surface area contributed by atoms with Gasteiger partial charge >= 0.3 is 11.9 Å². The van der Waals surface area contributed by atoms with E-state index in [-0.39, 0.29) is 33.9 Å². The molecule has 0 aliphatic carbocycles. The zero-order chi connectivity index (χ0) is 26.7. The number of nitrogens with one attached hydrogen (secondary N) is 1. The maximum atomic E-state index is 14.1. The van der Waals surface area contributed by atoms with Gasteiger partial charge in [-0.05, 0) is 65.4 Å². The molecule has 0 aliphatic rings. The van der Waals surface area contributed by atoms with Crippen molar-refractivity contribution in [3.63, 3.8) is 0 Å². The number of sulfonamides is 1. The molecule has 0 aromatic heterocycles. The van der Waals surface area contributed by atoms with Crippen LogP contribution in [0.5, 0.6) is 5.75 Å². The molecule has 4 rings (SSSR count). The lowest BCUT2D eigenvalue weighted by Gasteiger charge is -2.13. The van der Waals surface area contributed by atoms with Crippen LogP contribution in [0.25, 0.3) is 10.8 Å². The molecule has 186 valence electrons. The van der Waals surface area contributed by atoms with E-state index >= 15 is 0 Å². The summed E-state index contributed by atoms with van der Waals surface area (Å²) >= 11 is 0. The highest BCUT2D eigenvalue weighted by molar-refractivity contribution is 7.92. The Hall–Kier alpha value is -4.95. The van der Waals surface area contributed by atoms with Crippen molar-refractivity contribution in [3.05, 3.63) is 101 Å². The Labute approximate surface area is 210 Å². The average Bonchev–Trinajstić information content (AvgIpc) is 2.87. The number of carbonyl (C=O) groups is 2. The quantitative estimate of drug-likeness (QED) is 0.304. The third kappa shape index (κ3) is 5.50. The number of halogens is 1. The third-order valence-electron chi connectivity index (χ3n) is 5.41. The Kier molecular flexibility index (Phi) is 6.77. The number of hydrogen-bond donors (Lipinski definition) is 3. The molecule has 3 N–H and O–H groups in total. The van der Waals surface area contributed by atoms with Gasteiger partial charge in [-0.25, -0.2) is 22.4 Å². The average molecular weight is 520 g/mol. The van der Waals surface area contributed by atoms with Crippen LogP contribution in [0.3, 0.4) is 0 Å². The van der Waals surface area contributed by atoms with Gasteiger partial charge in [0.2, 0.25) is 0 Å². The van der Waals surface area contributed by atoms with Crippen molar-refractivity contribution >= 4 is 38.4 Å². The lowest BCUT2D eigenvalue weighted by molar-refractivity contribution is 0.0682. The van der Waals surface area contributed by atoms with E-state index in [9.17, 15) is 27.5 Å². The molecule has 0 atom stereocenters. The summed E-state index contributed by atoms with van der Waals surface area (Å²) in [7, 11) is -4.27. The van der Waals surface area contributed by atoms with E-state index in [0.29, 0.717) is 16.5 Å². The molecule has 0 amide bonds. The number of carboxylic acids is 2. The minimum absolute atomic E-state index is 0.0826. The molecule has 9 nitrogen and oxygen atoms in total. The number of benzene rings is 4. The summed E-state index contributed by atoms with van der Waals surface area (Å²) in [5.74, 6) is -2.94. The Morgan fingerprint density at radius 3 is 2.32 bits per heavy atom. The molecule has 0 spiro atoms. The molecule has 0 saturated heterocycles. The van der Waals surface area contributed by atoms with Crippen LogP contribution in [0.1, 0.15) is 31.8 Å². The molecule has 4 aromatic carbocycles. The summed E-state index contributed by atoms with van der Waals surface area (Å²) in [6.07, 6.45) is 0. The highest BCUT2D eigenvalue weighted by Gasteiger charge is 2.21. The van der Waals surface area contributed by atoms with Gasteiger partial charge in [-0.1, -0.05) is 18.2 Å². The third-order valence-corrected chi connectivity index (χ3v) is 6.77. The van der Waals surface area contributed by atoms with Crippen molar-refractivity contribution in [2.75, 3.05) is 4.72 Å². The van der Waals surface area contributed by atoms with Crippen molar-refractivity contribution in [2.24, 2.45) is 0 Å². The molecule has 0 heterocycles. The number of anilines is 1. The van der Waals surface area contributed by atoms with Gasteiger partial charge in [0.05, 0.1) is 33.3 Å². The van der Waals surface area contributed by atoms with Gasteiger partial charge in [0.25, 0.3) is 10.0 Å². The van der Waals surface area contributed by atoms with Crippen LogP contribution in [-0.2, 0) is 16.6 Å². The molecule has 0 unspecified atom stereocenters. The summed E-state index contributed by atoms with van der Waals surface area (Å²) in [6, 6.07) is 17.9. The minimum atomic E-state index is -4.27. The summed E-state index contributed by atoms with van der Waals surface area (Å²) in [5.41, 5.74) is -0.615. The van der Waals surface area contributed by atoms with Crippen molar-refractivity contribution in [3.8, 4) is 11.8 Å². The van der Waals surface area contributed by atoms with Crippen LogP contribution in [0.15, 0.2) is 77.7 Å². The number of hydrogen-bond acceptors (Lipinski definition) is 6. The van der Waals surface area contributed by atoms with Crippen LogP contribution in [-0.4, -0.2) is 30.6 Å². The summed E-state index contributed by atoms with van der Waals surface area (Å²) in [5, 5.41) is 28.5. The minimum Gasteiger partial charge on any atom is -0.489 e. The monoisotopic (exact) mass is 520 g/mol. The van der Waals surface area contributed by atoms with Gasteiger partial charge < -0.3 is 14.9 Å². The van der Waals surface area contributed by atoms with Gasteiger partial charge in [0, 0.05) is 5.56 Å². The fraction of sp³-hybridized carbons (Fsp3) is 0.0385. The summed E-state index contributed by atoms with van der Waals surface area (Å²) in [6.45, 7) is -0.0826. The number of aromatic carboxylic acids is 2. The van der Waals surface area contributed by atoms with Crippen molar-refractivity contribution in [1.82, 2.24) is 0 Å². The first-order valence-electron chi connectivity index (χ1n) is 10.6. The van der Waals surface area contributed by atoms with Gasteiger partial charge in [-0.15, -0.1) is 0 Å². The van der Waals surface area contributed by atoms with E-state index in [4.69, 9.17) is 15.1 Å². The number of carboxylic acid groups (broad SMARTS) is 2. The largest absolute Gasteiger partial charge is 0.489 e. The summed E-state index contributed by atoms with van der Waals surface area (Å²) < 4.78 is 47.8. The molecule has 0 radical (unpaired) electrons. The zero-order valence-corrected chi connectivity index (χ0v) is 19.6. The molecule has 0 saturated carbocycles. The fourth-order valence-corrected chi connectivity index (χ4v) is 4.61. The highest BCUT2D eigenvalue weighted by atomic mass is 32.2. The van der Waals surface area contributed by atoms with E-state index in [1.54, 1.807) is 18.2 Å². The van der Waals surface area contributed by atoms with Crippen LogP contribution < -0.4 is 9.46 Å². The second-order valence-corrected chi connectivity index (χ2v) is 9.54. The Bertz CT molecular complexity index is 1710. The van der Waals surface area contributed by atoms with Gasteiger partial charge in [-0.3, -0.25) is 4.72 Å². The standard InChI is InChI=1S/C26H17FN2O7S/c27-23-9-15(13-28)1-2-19(23)14-36-20-6-3-17-11-21(7-4-16(17)10-20)37(34,35)29-24-12-18(25(30)31)5-8-22(24)26(32)33/h1-12,29H,14H2,(H,30,31)(H,32,33). The molecule has 11 heteroatoms. The SMILES string of the molecule is N#Cc1ccc(COc2ccc3cc(S(=O)(=O)Nc4cc(C(=O)O)ccc4C(=O)O)ccc3c2)c(F)c1. The topological polar surface area (TPSA) is 154 Å². The second kappa shape index (κ2) is 9.96. The van der Waals surface area contributed by atoms with E-state index < -0.39 is 33.3 Å². The lowest BCUT2D eigenvalue weighted by Crippen LogP contribution is -2.16. The molecule has 37 heavy (non-hydrogen) atoms. The van der Waals surface area contributed by atoms with Gasteiger partial charge in [-0.2, -0.15) is 5.26 Å². The van der Waals surface area contributed by atoms with E-state index in [1.807, 2.05) is 6.07 Å². The zero-order valence-electron chi connectivity index (χ0n) is 18.8. The normalized spacial score (nSPS) is 11.0. The Morgan fingerprint density at radius 2 is 1.65 bits per heavy atom. The van der Waals surface area contributed by atoms with E-state index in [1.165, 1.54) is 30.3 Å². The molecular formula is C26H17FN2O7S. The Morgan fingerprint density at radius 1 is 0.919 bits per heavy atom. The fourth-order valence-electron chi connectivity index (χ4n) is 3.51. The molecule has 0 fully saturated rings. The van der Waals surface area contributed by atoms with Crippen LogP contribution in [0.4, 0.5) is 10.1 Å². The lowest BCUT2D eigenvalue weighted by atomic mass is 10.1. The maximum Gasteiger partial charge on any atom is 0.337 e. The number of rotatable bonds is 8. The van der Waals surface area contributed by atoms with Crippen molar-refractivity contribution < 1.29 is 37.3 Å². The maximum absolute atomic E-state index is 14.1. The van der Waals surface area contributed by atoms with Crippen LogP contribution in [0, 0.1) is 17.1 Å². The van der Waals surface area contributed by atoms with E-state index in [0.717, 1.165) is 24.3 Å². The van der Waals surface area contributed by atoms with Crippen LogP contribution >= 0.6 is 0 Å². The van der Waals surface area contributed by atoms with Crippen molar-refractivity contribution in [1.29, 1.82) is 5.26 Å². The predicted octanol–water partition coefficient (Wildman–Crippen LogP) is 4.63. The number of ether oxygens (including phenoxy) is 1. The number of nitrogens with zero attached hydrogens (tertiary/aromatic N) is 1. The van der Waals surface area contributed by atoms with Crippen LogP contribution in [0.2, 0.25) is 0 Å². The first kappa shape index (κ1) is 25.2. The highest BCUT2D eigenvalue weighted by Crippen LogP contribution is 2.27. The molecular weight excluding hydrogens is 503 g/mol. The molecule has 4 aromatic rings. The van der Waals surface area contributed by atoms with Gasteiger partial charge in [0.15, 0.2) is 0 Å². The first-order chi connectivity index (χ1) is 17.6. The van der Waals surface area contributed by atoms with Gasteiger partial charge in [0.1, 0.15) is 18.2 Å². The first-order valence-corrected chi connectivity index (χ1v) is 12.0. The summed E-state index contributed by atoms with van der Waals surface area (Å²) in [4.78, 5) is 22.6. The number of nitriles is 1. The predicted molar refractivity (Wildman–Crippen MR) is 131 cm³/mol. The van der Waals surface area contributed by atoms with E-state index in [2.05, 4.69) is 4.72 Å². The smallest absolute Gasteiger partial charge is 0.337 e. The Balaban J connectivity index is 1.57.